The summed E-state index contributed by atoms with van der Waals surface area (Å²) in [7, 11) is 0. The zero-order valence-electron chi connectivity index (χ0n) is 16.9. The van der Waals surface area contributed by atoms with Crippen LogP contribution in [0.15, 0.2) is 65.6 Å². The van der Waals surface area contributed by atoms with E-state index in [0.717, 1.165) is 53.9 Å². The summed E-state index contributed by atoms with van der Waals surface area (Å²) in [6, 6.07) is 16.8. The van der Waals surface area contributed by atoms with Crippen LogP contribution in [0.3, 0.4) is 0 Å². The van der Waals surface area contributed by atoms with Gasteiger partial charge in [-0.1, -0.05) is 67.8 Å². The first-order chi connectivity index (χ1) is 14.6. The Bertz CT molecular complexity index is 1210. The van der Waals surface area contributed by atoms with Crippen LogP contribution in [-0.2, 0) is 13.2 Å². The molecule has 2 aromatic carbocycles. The molecule has 4 rings (SSSR count). The third kappa shape index (κ3) is 4.04. The van der Waals surface area contributed by atoms with Gasteiger partial charge < -0.3 is 9.67 Å². The monoisotopic (exact) mass is 421 g/mol. The van der Waals surface area contributed by atoms with Gasteiger partial charge in [0.2, 0.25) is 5.78 Å². The number of rotatable bonds is 7. The van der Waals surface area contributed by atoms with Crippen LogP contribution in [0.25, 0.3) is 28.3 Å². The fraction of sp³-hybridized carbons (Fsp3) is 0.250. The van der Waals surface area contributed by atoms with E-state index in [4.69, 9.17) is 16.6 Å². The first-order valence-corrected chi connectivity index (χ1v) is 10.6. The molecule has 0 radical (unpaired) electrons. The SMILES string of the molecule is CCCCCn1c(-c2ccc(CO)cc2)cc(=O)n2cc(-c3ccc(Cl)cc3)nc12. The summed E-state index contributed by atoms with van der Waals surface area (Å²) in [5.74, 6) is 0.629. The molecule has 0 saturated heterocycles. The largest absolute Gasteiger partial charge is 0.392 e. The molecule has 0 bridgehead atoms. The molecule has 0 aliphatic heterocycles. The maximum absolute atomic E-state index is 12.9. The molecule has 30 heavy (non-hydrogen) atoms. The van der Waals surface area contributed by atoms with E-state index in [9.17, 15) is 9.90 Å². The van der Waals surface area contributed by atoms with Crippen molar-refractivity contribution in [2.24, 2.45) is 0 Å². The van der Waals surface area contributed by atoms with Crippen LogP contribution in [0.1, 0.15) is 31.7 Å². The van der Waals surface area contributed by atoms with Crippen LogP contribution in [-0.4, -0.2) is 19.1 Å². The van der Waals surface area contributed by atoms with Crippen molar-refractivity contribution in [2.75, 3.05) is 0 Å². The summed E-state index contributed by atoms with van der Waals surface area (Å²) in [5, 5.41) is 10.00. The molecule has 2 aromatic heterocycles. The van der Waals surface area contributed by atoms with Crippen LogP contribution in [0.5, 0.6) is 0 Å². The Hall–Kier alpha value is -2.89. The number of benzene rings is 2. The average molecular weight is 422 g/mol. The highest BCUT2D eigenvalue weighted by Crippen LogP contribution is 2.25. The predicted octanol–water partition coefficient (Wildman–Crippen LogP) is 5.17. The Morgan fingerprint density at radius 3 is 2.37 bits per heavy atom. The highest BCUT2D eigenvalue weighted by Gasteiger charge is 2.15. The first-order valence-electron chi connectivity index (χ1n) is 10.2. The van der Waals surface area contributed by atoms with Crippen molar-refractivity contribution in [3.63, 3.8) is 0 Å². The number of hydrogen-bond donors (Lipinski definition) is 1. The Morgan fingerprint density at radius 2 is 1.70 bits per heavy atom. The molecular weight excluding hydrogens is 398 g/mol. The van der Waals surface area contributed by atoms with Crippen molar-refractivity contribution in [3.05, 3.63) is 81.7 Å². The standard InChI is InChI=1S/C24H24ClN3O2/c1-2-3-4-13-27-22(19-7-5-17(16-29)6-8-19)14-23(30)28-15-21(26-24(27)28)18-9-11-20(25)12-10-18/h5-12,14-15,29H,2-4,13,16H2,1H3. The number of aliphatic hydroxyl groups excluding tert-OH is 1. The molecule has 0 atom stereocenters. The maximum atomic E-state index is 12.9. The van der Waals surface area contributed by atoms with Crippen molar-refractivity contribution >= 4 is 17.4 Å². The lowest BCUT2D eigenvalue weighted by Crippen LogP contribution is -2.18. The first kappa shape index (κ1) is 20.4. The summed E-state index contributed by atoms with van der Waals surface area (Å²) in [5.41, 5.74) is 4.13. The van der Waals surface area contributed by atoms with E-state index in [1.807, 2.05) is 48.5 Å². The van der Waals surface area contributed by atoms with Gasteiger partial charge in [-0.3, -0.25) is 9.20 Å². The lowest BCUT2D eigenvalue weighted by atomic mass is 10.1. The Balaban J connectivity index is 1.88. The number of hydrogen-bond acceptors (Lipinski definition) is 3. The summed E-state index contributed by atoms with van der Waals surface area (Å²) in [4.78, 5) is 17.7. The minimum Gasteiger partial charge on any atom is -0.392 e. The van der Waals surface area contributed by atoms with Crippen LogP contribution in [0, 0.1) is 0 Å². The van der Waals surface area contributed by atoms with Crippen molar-refractivity contribution in [1.29, 1.82) is 0 Å². The molecule has 0 amide bonds. The predicted molar refractivity (Wildman–Crippen MR) is 121 cm³/mol. The van der Waals surface area contributed by atoms with Gasteiger partial charge in [0, 0.05) is 29.4 Å². The van der Waals surface area contributed by atoms with Gasteiger partial charge in [-0.05, 0) is 29.7 Å². The number of imidazole rings is 1. The van der Waals surface area contributed by atoms with Crippen LogP contribution in [0.2, 0.25) is 5.02 Å². The van der Waals surface area contributed by atoms with E-state index in [2.05, 4.69) is 11.5 Å². The number of aliphatic hydroxyl groups is 1. The highest BCUT2D eigenvalue weighted by molar-refractivity contribution is 6.30. The smallest absolute Gasteiger partial charge is 0.259 e. The minimum atomic E-state index is -0.120. The van der Waals surface area contributed by atoms with E-state index in [0.29, 0.717) is 10.8 Å². The van der Waals surface area contributed by atoms with Gasteiger partial charge in [0.05, 0.1) is 18.0 Å². The topological polar surface area (TPSA) is 59.5 Å². The Morgan fingerprint density at radius 1 is 1.00 bits per heavy atom. The Labute approximate surface area is 180 Å². The van der Waals surface area contributed by atoms with E-state index >= 15 is 0 Å². The second-order valence-electron chi connectivity index (χ2n) is 7.38. The fourth-order valence-corrected chi connectivity index (χ4v) is 3.74. The summed E-state index contributed by atoms with van der Waals surface area (Å²) >= 11 is 6.01. The lowest BCUT2D eigenvalue weighted by molar-refractivity contribution is 0.282. The lowest BCUT2D eigenvalue weighted by Gasteiger charge is -2.15. The zero-order chi connectivity index (χ0) is 21.1. The molecule has 0 spiro atoms. The quantitative estimate of drug-likeness (QED) is 0.419. The normalized spacial score (nSPS) is 11.3. The van der Waals surface area contributed by atoms with Gasteiger partial charge in [0.25, 0.3) is 5.56 Å². The number of aryl methyl sites for hydroxylation is 1. The second kappa shape index (κ2) is 8.86. The molecule has 0 aliphatic rings. The van der Waals surface area contributed by atoms with Crippen molar-refractivity contribution in [2.45, 2.75) is 39.3 Å². The van der Waals surface area contributed by atoms with E-state index in [1.54, 1.807) is 16.7 Å². The number of fused-ring (bicyclic) bond motifs is 1. The highest BCUT2D eigenvalue weighted by atomic mass is 35.5. The van der Waals surface area contributed by atoms with Crippen LogP contribution < -0.4 is 5.56 Å². The van der Waals surface area contributed by atoms with Crippen LogP contribution in [0.4, 0.5) is 0 Å². The van der Waals surface area contributed by atoms with E-state index in [-0.39, 0.29) is 12.2 Å². The second-order valence-corrected chi connectivity index (χ2v) is 7.82. The summed E-state index contributed by atoms with van der Waals surface area (Å²) < 4.78 is 3.73. The van der Waals surface area contributed by atoms with Crippen molar-refractivity contribution in [3.8, 4) is 22.5 Å². The molecule has 1 N–H and O–H groups in total. The van der Waals surface area contributed by atoms with Crippen molar-refractivity contribution < 1.29 is 5.11 Å². The molecular formula is C24H24ClN3O2. The molecule has 154 valence electrons. The van der Waals surface area contributed by atoms with Crippen molar-refractivity contribution in [1.82, 2.24) is 14.0 Å². The zero-order valence-corrected chi connectivity index (χ0v) is 17.6. The average Bonchev–Trinajstić information content (AvgIpc) is 3.22. The minimum absolute atomic E-state index is 0.00662. The van der Waals surface area contributed by atoms with Crippen LogP contribution >= 0.6 is 11.6 Å². The van der Waals surface area contributed by atoms with Gasteiger partial charge in [0.1, 0.15) is 0 Å². The number of unbranched alkanes of at least 4 members (excludes halogenated alkanes) is 2. The molecule has 4 aromatic rings. The fourth-order valence-electron chi connectivity index (χ4n) is 3.62. The molecule has 0 unspecified atom stereocenters. The van der Waals surface area contributed by atoms with Gasteiger partial charge in [-0.2, -0.15) is 0 Å². The van der Waals surface area contributed by atoms with E-state index < -0.39 is 0 Å². The summed E-state index contributed by atoms with van der Waals surface area (Å²) in [6.45, 7) is 2.93. The van der Waals surface area contributed by atoms with Gasteiger partial charge in [-0.25, -0.2) is 4.98 Å². The Kier molecular flexibility index (Phi) is 6.02. The molecule has 0 aliphatic carbocycles. The third-order valence-electron chi connectivity index (χ3n) is 5.27. The third-order valence-corrected chi connectivity index (χ3v) is 5.53. The molecule has 5 nitrogen and oxygen atoms in total. The number of halogens is 1. The molecule has 6 heteroatoms. The molecule has 0 saturated carbocycles. The van der Waals surface area contributed by atoms with Gasteiger partial charge in [0.15, 0.2) is 0 Å². The maximum Gasteiger partial charge on any atom is 0.259 e. The van der Waals surface area contributed by atoms with Gasteiger partial charge in [-0.15, -0.1) is 0 Å². The summed E-state index contributed by atoms with van der Waals surface area (Å²) in [6.07, 6.45) is 5.00. The molecule has 2 heterocycles. The number of aromatic nitrogens is 3. The van der Waals surface area contributed by atoms with Gasteiger partial charge >= 0.3 is 0 Å². The number of nitrogens with zero attached hydrogens (tertiary/aromatic N) is 3. The van der Waals surface area contributed by atoms with E-state index in [1.165, 1.54) is 0 Å². The molecule has 0 fully saturated rings.